The van der Waals surface area contributed by atoms with Gasteiger partial charge in [-0.05, 0) is 43.4 Å². The first-order chi connectivity index (χ1) is 8.48. The number of halogens is 3. The lowest BCUT2D eigenvalue weighted by Crippen LogP contribution is -2.30. The first-order valence-corrected chi connectivity index (χ1v) is 6.98. The average Bonchev–Trinajstić information content (AvgIpc) is 2.38. The molecule has 0 atom stereocenters. The summed E-state index contributed by atoms with van der Waals surface area (Å²) in [4.78, 5) is 0. The second kappa shape index (κ2) is 6.38. The van der Waals surface area contributed by atoms with E-state index in [4.69, 9.17) is 4.43 Å². The van der Waals surface area contributed by atoms with Crippen LogP contribution < -0.4 is 0 Å². The molecule has 1 nitrogen and oxygen atoms in total. The van der Waals surface area contributed by atoms with Crippen molar-refractivity contribution < 1.29 is 17.6 Å². The molecule has 5 heteroatoms. The minimum Gasteiger partial charge on any atom is -0.422 e. The molecule has 0 heterocycles. The Morgan fingerprint density at radius 3 is 2.00 bits per heavy atom. The van der Waals surface area contributed by atoms with Crippen LogP contribution in [-0.4, -0.2) is 16.1 Å². The van der Waals surface area contributed by atoms with Crippen molar-refractivity contribution in [1.82, 2.24) is 0 Å². The molecule has 0 aliphatic heterocycles. The summed E-state index contributed by atoms with van der Waals surface area (Å²) in [6, 6.07) is 2.11. The zero-order valence-electron chi connectivity index (χ0n) is 11.0. The van der Waals surface area contributed by atoms with Crippen LogP contribution in [0.25, 0.3) is 0 Å². The third kappa shape index (κ3) is 3.35. The first kappa shape index (κ1) is 15.2. The summed E-state index contributed by atoms with van der Waals surface area (Å²) >= 11 is 0. The van der Waals surface area contributed by atoms with Crippen molar-refractivity contribution in [3.63, 3.8) is 0 Å². The van der Waals surface area contributed by atoms with E-state index in [2.05, 4.69) is 0 Å². The SMILES string of the molecule is CCC(CC)(CCc1cc(F)c(F)c(F)c1)O[SiH3]. The van der Waals surface area contributed by atoms with Gasteiger partial charge in [0, 0.05) is 0 Å². The third-order valence-electron chi connectivity index (χ3n) is 3.63. The van der Waals surface area contributed by atoms with Gasteiger partial charge in [0.15, 0.2) is 17.5 Å². The second-order valence-electron chi connectivity index (χ2n) is 4.47. The predicted octanol–water partition coefficient (Wildman–Crippen LogP) is 2.89. The largest absolute Gasteiger partial charge is 0.422 e. The highest BCUT2D eigenvalue weighted by Crippen LogP contribution is 2.26. The monoisotopic (exact) mass is 276 g/mol. The molecule has 0 aliphatic carbocycles. The van der Waals surface area contributed by atoms with Gasteiger partial charge < -0.3 is 4.43 Å². The van der Waals surface area contributed by atoms with Gasteiger partial charge in [0.1, 0.15) is 10.5 Å². The molecule has 1 aromatic rings. The Labute approximate surface area is 109 Å². The molecule has 0 amide bonds. The van der Waals surface area contributed by atoms with Gasteiger partial charge in [-0.15, -0.1) is 0 Å². The number of benzene rings is 1. The molecule has 1 rings (SSSR count). The lowest BCUT2D eigenvalue weighted by Gasteiger charge is -2.31. The molecule has 18 heavy (non-hydrogen) atoms. The van der Waals surface area contributed by atoms with Gasteiger partial charge in [-0.3, -0.25) is 0 Å². The van der Waals surface area contributed by atoms with E-state index in [1.165, 1.54) is 0 Å². The lowest BCUT2D eigenvalue weighted by atomic mass is 9.90. The van der Waals surface area contributed by atoms with E-state index in [0.29, 0.717) is 28.9 Å². The minimum absolute atomic E-state index is 0.215. The van der Waals surface area contributed by atoms with Gasteiger partial charge in [-0.2, -0.15) is 0 Å². The summed E-state index contributed by atoms with van der Waals surface area (Å²) in [6.07, 6.45) is 2.89. The molecular weight excluding hydrogens is 257 g/mol. The lowest BCUT2D eigenvalue weighted by molar-refractivity contribution is 0.0616. The normalized spacial score (nSPS) is 12.1. The molecule has 0 aromatic heterocycles. The quantitative estimate of drug-likeness (QED) is 0.573. The fourth-order valence-electron chi connectivity index (χ4n) is 2.12. The van der Waals surface area contributed by atoms with E-state index in [1.807, 2.05) is 13.8 Å². The predicted molar refractivity (Wildman–Crippen MR) is 69.0 cm³/mol. The second-order valence-corrected chi connectivity index (χ2v) is 4.88. The number of aryl methyl sites for hydroxylation is 1. The van der Waals surface area contributed by atoms with Crippen molar-refractivity contribution in [2.45, 2.75) is 45.1 Å². The topological polar surface area (TPSA) is 9.23 Å². The maximum Gasteiger partial charge on any atom is 0.194 e. The smallest absolute Gasteiger partial charge is 0.194 e. The molecule has 0 saturated carbocycles. The first-order valence-electron chi connectivity index (χ1n) is 6.16. The maximum absolute atomic E-state index is 13.1. The molecule has 0 radical (unpaired) electrons. The number of hydrogen-bond donors (Lipinski definition) is 0. The number of hydrogen-bond acceptors (Lipinski definition) is 1. The molecule has 0 saturated heterocycles. The van der Waals surface area contributed by atoms with Crippen molar-refractivity contribution in [1.29, 1.82) is 0 Å². The Hall–Kier alpha value is -0.813. The van der Waals surface area contributed by atoms with Crippen LogP contribution in [-0.2, 0) is 10.8 Å². The zero-order valence-corrected chi connectivity index (χ0v) is 13.0. The number of rotatable bonds is 6. The molecule has 0 unspecified atom stereocenters. The Morgan fingerprint density at radius 2 is 1.61 bits per heavy atom. The zero-order chi connectivity index (χ0) is 13.8. The van der Waals surface area contributed by atoms with Crippen LogP contribution in [0, 0.1) is 17.5 Å². The van der Waals surface area contributed by atoms with Crippen molar-refractivity contribution >= 4 is 10.5 Å². The van der Waals surface area contributed by atoms with E-state index in [0.717, 1.165) is 25.0 Å². The Kier molecular flexibility index (Phi) is 5.41. The minimum atomic E-state index is -1.41. The van der Waals surface area contributed by atoms with Crippen LogP contribution in [0.15, 0.2) is 12.1 Å². The molecule has 0 N–H and O–H groups in total. The fourth-order valence-corrected chi connectivity index (χ4v) is 2.90. The molecule has 0 spiro atoms. The highest BCUT2D eigenvalue weighted by Gasteiger charge is 2.24. The van der Waals surface area contributed by atoms with Crippen LogP contribution in [0.2, 0.25) is 0 Å². The molecule has 1 aromatic carbocycles. The Balaban J connectivity index is 2.80. The van der Waals surface area contributed by atoms with Gasteiger partial charge in [0.05, 0.1) is 5.60 Å². The Bertz CT molecular complexity index is 374. The van der Waals surface area contributed by atoms with Crippen LogP contribution in [0.4, 0.5) is 13.2 Å². The third-order valence-corrected chi connectivity index (χ3v) is 4.50. The molecule has 102 valence electrons. The standard InChI is InChI=1S/C13H19F3OSi/c1-3-13(4-2,17-18)6-5-9-7-10(14)12(16)11(15)8-9/h7-8H,3-6H2,1-2,18H3. The van der Waals surface area contributed by atoms with E-state index >= 15 is 0 Å². The average molecular weight is 276 g/mol. The van der Waals surface area contributed by atoms with Gasteiger partial charge in [-0.1, -0.05) is 13.8 Å². The van der Waals surface area contributed by atoms with Crippen LogP contribution in [0.5, 0.6) is 0 Å². The summed E-state index contributed by atoms with van der Waals surface area (Å²) in [5, 5.41) is 0. The van der Waals surface area contributed by atoms with Gasteiger partial charge >= 0.3 is 0 Å². The van der Waals surface area contributed by atoms with Crippen molar-refractivity contribution in [3.05, 3.63) is 35.1 Å². The Morgan fingerprint density at radius 1 is 1.11 bits per heavy atom. The van der Waals surface area contributed by atoms with Crippen molar-refractivity contribution in [3.8, 4) is 0 Å². The van der Waals surface area contributed by atoms with Gasteiger partial charge in [-0.25, -0.2) is 13.2 Å². The van der Waals surface area contributed by atoms with Crippen molar-refractivity contribution in [2.24, 2.45) is 0 Å². The molecule has 0 aliphatic rings. The van der Waals surface area contributed by atoms with Gasteiger partial charge in [0.2, 0.25) is 0 Å². The van der Waals surface area contributed by atoms with E-state index in [1.54, 1.807) is 0 Å². The van der Waals surface area contributed by atoms with Crippen molar-refractivity contribution in [2.75, 3.05) is 0 Å². The van der Waals surface area contributed by atoms with E-state index in [9.17, 15) is 13.2 Å². The highest BCUT2D eigenvalue weighted by atomic mass is 28.2. The molecule has 0 bridgehead atoms. The molecule has 0 fully saturated rings. The summed E-state index contributed by atoms with van der Waals surface area (Å²) < 4.78 is 44.6. The van der Waals surface area contributed by atoms with Crippen LogP contribution in [0.3, 0.4) is 0 Å². The summed E-state index contributed by atoms with van der Waals surface area (Å²) in [6.45, 7) is 4.07. The van der Waals surface area contributed by atoms with E-state index < -0.39 is 17.5 Å². The fraction of sp³-hybridized carbons (Fsp3) is 0.538. The summed E-state index contributed by atoms with van der Waals surface area (Å²) in [5.41, 5.74) is 0.254. The van der Waals surface area contributed by atoms with Crippen LogP contribution >= 0.6 is 0 Å². The summed E-state index contributed by atoms with van der Waals surface area (Å²) in [5.74, 6) is -3.67. The van der Waals surface area contributed by atoms with E-state index in [-0.39, 0.29) is 5.60 Å². The summed E-state index contributed by atoms with van der Waals surface area (Å²) in [7, 11) is 0.629. The van der Waals surface area contributed by atoms with Gasteiger partial charge in [0.25, 0.3) is 0 Å². The molecular formula is C13H19F3OSi. The highest BCUT2D eigenvalue weighted by molar-refractivity contribution is 5.98. The van der Waals surface area contributed by atoms with Crippen LogP contribution in [0.1, 0.15) is 38.7 Å². The maximum atomic E-state index is 13.1.